The van der Waals surface area contributed by atoms with E-state index in [1.165, 1.54) is 16.3 Å². The first kappa shape index (κ1) is 14.8. The van der Waals surface area contributed by atoms with Gasteiger partial charge in [0, 0.05) is 5.70 Å². The molecule has 3 rings (SSSR count). The van der Waals surface area contributed by atoms with Crippen molar-refractivity contribution in [3.05, 3.63) is 59.8 Å². The van der Waals surface area contributed by atoms with Crippen LogP contribution in [-0.4, -0.2) is 5.91 Å². The lowest BCUT2D eigenvalue weighted by Crippen LogP contribution is -2.33. The molecule has 114 valence electrons. The van der Waals surface area contributed by atoms with E-state index in [0.29, 0.717) is 0 Å². The molecule has 22 heavy (non-hydrogen) atoms. The van der Waals surface area contributed by atoms with Gasteiger partial charge in [0.15, 0.2) is 0 Å². The number of piperidine rings is 1. The summed E-state index contributed by atoms with van der Waals surface area (Å²) in [4.78, 5) is 12.4. The second-order valence-electron chi connectivity index (χ2n) is 7.18. The van der Waals surface area contributed by atoms with Crippen LogP contribution in [0, 0.1) is 0 Å². The average Bonchev–Trinajstić information content (AvgIpc) is 2.45. The van der Waals surface area contributed by atoms with Gasteiger partial charge in [0.05, 0.1) is 5.92 Å². The third-order valence-electron chi connectivity index (χ3n) is 4.49. The predicted octanol–water partition coefficient (Wildman–Crippen LogP) is 4.64. The van der Waals surface area contributed by atoms with Crippen LogP contribution < -0.4 is 5.32 Å². The highest BCUT2D eigenvalue weighted by molar-refractivity contribution is 5.95. The van der Waals surface area contributed by atoms with Crippen LogP contribution in [0.2, 0.25) is 0 Å². The van der Waals surface area contributed by atoms with E-state index in [2.05, 4.69) is 69.1 Å². The monoisotopic (exact) mass is 293 g/mol. The first-order chi connectivity index (χ1) is 10.4. The van der Waals surface area contributed by atoms with Crippen LogP contribution in [-0.2, 0) is 10.2 Å². The molecule has 1 aliphatic rings. The molecule has 2 nitrogen and oxygen atoms in total. The van der Waals surface area contributed by atoms with Crippen LogP contribution >= 0.6 is 0 Å². The highest BCUT2D eigenvalue weighted by Crippen LogP contribution is 2.37. The summed E-state index contributed by atoms with van der Waals surface area (Å²) >= 11 is 0. The SMILES string of the molecule is C=C1CCC(c2ccc(C(C)(C)C)c3ccccc23)C(=O)N1. The topological polar surface area (TPSA) is 29.1 Å². The van der Waals surface area contributed by atoms with Crippen molar-refractivity contribution < 1.29 is 4.79 Å². The summed E-state index contributed by atoms with van der Waals surface area (Å²) in [7, 11) is 0. The van der Waals surface area contributed by atoms with Gasteiger partial charge in [-0.05, 0) is 40.2 Å². The number of hydrogen-bond donors (Lipinski definition) is 1. The molecule has 2 heteroatoms. The summed E-state index contributed by atoms with van der Waals surface area (Å²) in [5, 5.41) is 5.36. The summed E-state index contributed by atoms with van der Waals surface area (Å²) in [6, 6.07) is 12.8. The van der Waals surface area contributed by atoms with E-state index in [9.17, 15) is 4.79 Å². The van der Waals surface area contributed by atoms with Crippen LogP contribution in [0.15, 0.2) is 48.7 Å². The Kier molecular flexibility index (Phi) is 3.56. The van der Waals surface area contributed by atoms with Gasteiger partial charge in [-0.25, -0.2) is 0 Å². The fraction of sp³-hybridized carbons (Fsp3) is 0.350. The molecule has 0 radical (unpaired) electrons. The molecule has 0 saturated carbocycles. The Balaban J connectivity index is 2.16. The molecule has 1 amide bonds. The Hall–Kier alpha value is -2.09. The summed E-state index contributed by atoms with van der Waals surface area (Å²) in [6.07, 6.45) is 1.69. The summed E-state index contributed by atoms with van der Waals surface area (Å²) in [5.41, 5.74) is 3.37. The zero-order valence-corrected chi connectivity index (χ0v) is 13.6. The third kappa shape index (κ3) is 2.54. The normalized spacial score (nSPS) is 19.3. The highest BCUT2D eigenvalue weighted by Gasteiger charge is 2.28. The van der Waals surface area contributed by atoms with Crippen LogP contribution in [0.1, 0.15) is 50.7 Å². The van der Waals surface area contributed by atoms with Gasteiger partial charge >= 0.3 is 0 Å². The molecule has 1 saturated heterocycles. The molecule has 1 heterocycles. The Bertz CT molecular complexity index is 752. The van der Waals surface area contributed by atoms with Gasteiger partial charge in [-0.2, -0.15) is 0 Å². The van der Waals surface area contributed by atoms with E-state index in [1.807, 2.05) is 0 Å². The Morgan fingerprint density at radius 1 is 1.09 bits per heavy atom. The zero-order valence-electron chi connectivity index (χ0n) is 13.6. The Morgan fingerprint density at radius 3 is 2.41 bits per heavy atom. The van der Waals surface area contributed by atoms with Crippen molar-refractivity contribution in [2.24, 2.45) is 0 Å². The highest BCUT2D eigenvalue weighted by atomic mass is 16.2. The Labute approximate surface area is 132 Å². The molecule has 1 unspecified atom stereocenters. The predicted molar refractivity (Wildman–Crippen MR) is 91.9 cm³/mol. The lowest BCUT2D eigenvalue weighted by molar-refractivity contribution is -0.122. The smallest absolute Gasteiger partial charge is 0.231 e. The molecule has 2 aromatic carbocycles. The molecule has 0 spiro atoms. The van der Waals surface area contributed by atoms with Crippen molar-refractivity contribution in [2.75, 3.05) is 0 Å². The lowest BCUT2D eigenvalue weighted by Gasteiger charge is -2.27. The minimum absolute atomic E-state index is 0.0740. The van der Waals surface area contributed by atoms with E-state index >= 15 is 0 Å². The van der Waals surface area contributed by atoms with Gasteiger partial charge in [-0.1, -0.05) is 63.7 Å². The van der Waals surface area contributed by atoms with Gasteiger partial charge in [0.2, 0.25) is 5.91 Å². The van der Waals surface area contributed by atoms with Crippen LogP contribution in [0.5, 0.6) is 0 Å². The van der Waals surface area contributed by atoms with Gasteiger partial charge in [0.1, 0.15) is 0 Å². The first-order valence-electron chi connectivity index (χ1n) is 7.88. The number of carbonyl (C=O) groups is 1. The third-order valence-corrected chi connectivity index (χ3v) is 4.49. The summed E-state index contributed by atoms with van der Waals surface area (Å²) < 4.78 is 0. The van der Waals surface area contributed by atoms with Gasteiger partial charge in [-0.15, -0.1) is 0 Å². The second-order valence-corrected chi connectivity index (χ2v) is 7.18. The zero-order chi connectivity index (χ0) is 15.9. The standard InChI is InChI=1S/C20H23NO/c1-13-9-10-17(19(22)21-13)15-11-12-18(20(2,3)4)16-8-6-5-7-14(15)16/h5-8,11-12,17H,1,9-10H2,2-4H3,(H,21,22). The van der Waals surface area contributed by atoms with E-state index in [4.69, 9.17) is 0 Å². The Morgan fingerprint density at radius 2 is 1.77 bits per heavy atom. The molecule has 1 fully saturated rings. The number of rotatable bonds is 1. The molecule has 0 aliphatic carbocycles. The van der Waals surface area contributed by atoms with Crippen molar-refractivity contribution in [3.8, 4) is 0 Å². The van der Waals surface area contributed by atoms with Gasteiger partial charge in [-0.3, -0.25) is 4.79 Å². The average molecular weight is 293 g/mol. The van der Waals surface area contributed by atoms with Crippen molar-refractivity contribution in [2.45, 2.75) is 44.9 Å². The molecule has 1 atom stereocenters. The van der Waals surface area contributed by atoms with E-state index in [0.717, 1.165) is 24.1 Å². The maximum atomic E-state index is 12.4. The van der Waals surface area contributed by atoms with Crippen molar-refractivity contribution >= 4 is 16.7 Å². The maximum absolute atomic E-state index is 12.4. The van der Waals surface area contributed by atoms with Gasteiger partial charge in [0.25, 0.3) is 0 Å². The van der Waals surface area contributed by atoms with Crippen molar-refractivity contribution in [3.63, 3.8) is 0 Å². The van der Waals surface area contributed by atoms with Crippen LogP contribution in [0.4, 0.5) is 0 Å². The number of hydrogen-bond acceptors (Lipinski definition) is 1. The van der Waals surface area contributed by atoms with Crippen molar-refractivity contribution in [1.29, 1.82) is 0 Å². The number of carbonyl (C=O) groups excluding carboxylic acids is 1. The molecule has 2 aromatic rings. The number of amides is 1. The summed E-state index contributed by atoms with van der Waals surface area (Å²) in [5.74, 6) is -0.00525. The van der Waals surface area contributed by atoms with Gasteiger partial charge < -0.3 is 5.32 Å². The number of fused-ring (bicyclic) bond motifs is 1. The fourth-order valence-corrected chi connectivity index (χ4v) is 3.35. The van der Waals surface area contributed by atoms with E-state index in [1.54, 1.807) is 0 Å². The summed E-state index contributed by atoms with van der Waals surface area (Å²) in [6.45, 7) is 10.6. The molecular formula is C20H23NO. The largest absolute Gasteiger partial charge is 0.330 e. The van der Waals surface area contributed by atoms with Crippen LogP contribution in [0.3, 0.4) is 0 Å². The lowest BCUT2D eigenvalue weighted by atomic mass is 9.79. The quantitative estimate of drug-likeness (QED) is 0.815. The van der Waals surface area contributed by atoms with Crippen LogP contribution in [0.25, 0.3) is 10.8 Å². The minimum Gasteiger partial charge on any atom is -0.330 e. The molecule has 0 aromatic heterocycles. The van der Waals surface area contributed by atoms with E-state index < -0.39 is 0 Å². The molecule has 0 bridgehead atoms. The fourth-order valence-electron chi connectivity index (χ4n) is 3.35. The minimum atomic E-state index is -0.0792. The van der Waals surface area contributed by atoms with Crippen molar-refractivity contribution in [1.82, 2.24) is 5.32 Å². The second kappa shape index (κ2) is 5.28. The number of nitrogens with one attached hydrogen (secondary N) is 1. The molecular weight excluding hydrogens is 270 g/mol. The molecule has 1 aliphatic heterocycles. The molecule has 1 N–H and O–H groups in total. The first-order valence-corrected chi connectivity index (χ1v) is 7.88. The van der Waals surface area contributed by atoms with E-state index in [-0.39, 0.29) is 17.2 Å². The maximum Gasteiger partial charge on any atom is 0.231 e. The number of allylic oxidation sites excluding steroid dienone is 1. The number of benzene rings is 2.